The van der Waals surface area contributed by atoms with E-state index in [2.05, 4.69) is 5.32 Å². The Kier molecular flexibility index (Phi) is 4.40. The Morgan fingerprint density at radius 1 is 1.28 bits per heavy atom. The highest BCUT2D eigenvalue weighted by Crippen LogP contribution is 2.14. The number of benzene rings is 1. The Labute approximate surface area is 110 Å². The largest absolute Gasteiger partial charge is 0.315 e. The number of aryl methyl sites for hydroxylation is 2. The molecule has 0 aliphatic carbocycles. The average molecular weight is 267 g/mol. The van der Waals surface area contributed by atoms with Crippen LogP contribution in [0.4, 0.5) is 0 Å². The van der Waals surface area contributed by atoms with Gasteiger partial charge in [-0.2, -0.15) is 0 Å². The normalized spacial score (nSPS) is 20.8. The first-order valence-electron chi connectivity index (χ1n) is 6.56. The Balaban J connectivity index is 1.94. The lowest BCUT2D eigenvalue weighted by molar-refractivity contribution is 0.496. The molecular formula is C14H21NO2S. The number of hydrogen-bond acceptors (Lipinski definition) is 3. The summed E-state index contributed by atoms with van der Waals surface area (Å²) in [6.45, 7) is 3.61. The quantitative estimate of drug-likeness (QED) is 0.903. The molecule has 1 N–H and O–H groups in total. The third-order valence-corrected chi connectivity index (χ3v) is 5.75. The number of sulfone groups is 1. The van der Waals surface area contributed by atoms with Crippen LogP contribution in [-0.4, -0.2) is 32.5 Å². The number of rotatable bonds is 4. The zero-order valence-corrected chi connectivity index (χ0v) is 11.7. The number of hydrogen-bond donors (Lipinski definition) is 1. The van der Waals surface area contributed by atoms with Crippen LogP contribution in [-0.2, 0) is 16.3 Å². The fourth-order valence-electron chi connectivity index (χ4n) is 2.31. The molecule has 18 heavy (non-hydrogen) atoms. The maximum absolute atomic E-state index is 12.2. The minimum atomic E-state index is -2.95. The molecule has 2 rings (SSSR count). The second-order valence-corrected chi connectivity index (χ2v) is 7.47. The molecule has 1 aliphatic heterocycles. The van der Waals surface area contributed by atoms with Crippen molar-refractivity contribution in [2.24, 2.45) is 0 Å². The second-order valence-electron chi connectivity index (χ2n) is 5.07. The van der Waals surface area contributed by atoms with Crippen LogP contribution < -0.4 is 5.32 Å². The lowest BCUT2D eigenvalue weighted by Gasteiger charge is -2.22. The molecule has 0 bridgehead atoms. The molecule has 1 atom stereocenters. The van der Waals surface area contributed by atoms with E-state index < -0.39 is 9.84 Å². The minimum Gasteiger partial charge on any atom is -0.315 e. The van der Waals surface area contributed by atoms with Crippen molar-refractivity contribution in [2.45, 2.75) is 31.4 Å². The van der Waals surface area contributed by atoms with E-state index in [1.165, 1.54) is 5.56 Å². The highest BCUT2D eigenvalue weighted by atomic mass is 32.2. The van der Waals surface area contributed by atoms with E-state index in [1.54, 1.807) is 0 Å². The van der Waals surface area contributed by atoms with Crippen molar-refractivity contribution in [3.8, 4) is 0 Å². The van der Waals surface area contributed by atoms with E-state index in [-0.39, 0.29) is 11.0 Å². The maximum Gasteiger partial charge on any atom is 0.154 e. The summed E-state index contributed by atoms with van der Waals surface area (Å²) in [5.41, 5.74) is 2.31. The van der Waals surface area contributed by atoms with E-state index >= 15 is 0 Å². The van der Waals surface area contributed by atoms with E-state index in [0.717, 1.165) is 24.9 Å². The Morgan fingerprint density at radius 3 is 2.61 bits per heavy atom. The van der Waals surface area contributed by atoms with Gasteiger partial charge in [-0.15, -0.1) is 0 Å². The van der Waals surface area contributed by atoms with Crippen LogP contribution >= 0.6 is 0 Å². The van der Waals surface area contributed by atoms with Crippen molar-refractivity contribution in [1.82, 2.24) is 5.32 Å². The second kappa shape index (κ2) is 5.85. The highest BCUT2D eigenvalue weighted by molar-refractivity contribution is 7.92. The van der Waals surface area contributed by atoms with Gasteiger partial charge in [0.1, 0.15) is 0 Å². The van der Waals surface area contributed by atoms with Crippen LogP contribution in [0.25, 0.3) is 0 Å². The lowest BCUT2D eigenvalue weighted by Crippen LogP contribution is -2.40. The Morgan fingerprint density at radius 2 is 2.00 bits per heavy atom. The monoisotopic (exact) mass is 267 g/mol. The number of piperidine rings is 1. The van der Waals surface area contributed by atoms with Crippen molar-refractivity contribution in [2.75, 3.05) is 18.8 Å². The zero-order chi connectivity index (χ0) is 13.0. The van der Waals surface area contributed by atoms with Crippen LogP contribution in [0, 0.1) is 6.92 Å². The molecule has 0 amide bonds. The molecule has 0 radical (unpaired) electrons. The van der Waals surface area contributed by atoms with Gasteiger partial charge in [0.25, 0.3) is 0 Å². The number of nitrogens with one attached hydrogen (secondary N) is 1. The molecule has 1 aromatic rings. The predicted molar refractivity (Wildman–Crippen MR) is 74.6 cm³/mol. The van der Waals surface area contributed by atoms with Crippen LogP contribution in [0.15, 0.2) is 24.3 Å². The molecule has 4 heteroatoms. The van der Waals surface area contributed by atoms with Gasteiger partial charge >= 0.3 is 0 Å². The summed E-state index contributed by atoms with van der Waals surface area (Å²) in [5, 5.41) is 2.98. The van der Waals surface area contributed by atoms with Gasteiger partial charge in [0.15, 0.2) is 9.84 Å². The van der Waals surface area contributed by atoms with E-state index in [9.17, 15) is 8.42 Å². The van der Waals surface area contributed by atoms with Gasteiger partial charge in [-0.25, -0.2) is 8.42 Å². The molecule has 1 unspecified atom stereocenters. The molecule has 100 valence electrons. The van der Waals surface area contributed by atoms with Gasteiger partial charge in [0, 0.05) is 6.54 Å². The van der Waals surface area contributed by atoms with Crippen molar-refractivity contribution in [1.29, 1.82) is 0 Å². The Hall–Kier alpha value is -0.870. The first-order valence-corrected chi connectivity index (χ1v) is 8.27. The highest BCUT2D eigenvalue weighted by Gasteiger charge is 2.26. The summed E-state index contributed by atoms with van der Waals surface area (Å²) in [5.74, 6) is 0.266. The fraction of sp³-hybridized carbons (Fsp3) is 0.571. The molecular weight excluding hydrogens is 246 g/mol. The van der Waals surface area contributed by atoms with Crippen molar-refractivity contribution >= 4 is 9.84 Å². The van der Waals surface area contributed by atoms with E-state index in [1.807, 2.05) is 31.2 Å². The molecule has 3 nitrogen and oxygen atoms in total. The molecule has 1 aliphatic rings. The summed E-state index contributed by atoms with van der Waals surface area (Å²) in [6.07, 6.45) is 2.40. The van der Waals surface area contributed by atoms with Gasteiger partial charge < -0.3 is 5.32 Å². The first-order chi connectivity index (χ1) is 8.58. The van der Waals surface area contributed by atoms with Gasteiger partial charge in [-0.1, -0.05) is 29.8 Å². The van der Waals surface area contributed by atoms with Crippen LogP contribution in [0.2, 0.25) is 0 Å². The lowest BCUT2D eigenvalue weighted by atomic mass is 10.1. The van der Waals surface area contributed by atoms with Crippen LogP contribution in [0.3, 0.4) is 0 Å². The van der Waals surface area contributed by atoms with Gasteiger partial charge in [0.05, 0.1) is 11.0 Å². The smallest absolute Gasteiger partial charge is 0.154 e. The van der Waals surface area contributed by atoms with Crippen molar-refractivity contribution in [3.05, 3.63) is 35.4 Å². The maximum atomic E-state index is 12.2. The molecule has 0 saturated carbocycles. The molecule has 1 heterocycles. The summed E-state index contributed by atoms with van der Waals surface area (Å²) in [4.78, 5) is 0. The SMILES string of the molecule is Cc1ccc(CCS(=O)(=O)C2CCCNC2)cc1. The predicted octanol–water partition coefficient (Wildman–Crippen LogP) is 1.70. The zero-order valence-electron chi connectivity index (χ0n) is 10.9. The average Bonchev–Trinajstić information content (AvgIpc) is 2.39. The first kappa shape index (κ1) is 13.6. The summed E-state index contributed by atoms with van der Waals surface area (Å²) < 4.78 is 24.4. The standard InChI is InChI=1S/C14H21NO2S/c1-12-4-6-13(7-5-12)8-10-18(16,17)14-3-2-9-15-11-14/h4-7,14-15H,2-3,8-11H2,1H3. The van der Waals surface area contributed by atoms with Crippen LogP contribution in [0.5, 0.6) is 0 Å². The molecule has 1 saturated heterocycles. The summed E-state index contributed by atoms with van der Waals surface area (Å²) in [7, 11) is -2.95. The fourth-order valence-corrected chi connectivity index (χ4v) is 4.06. The summed E-state index contributed by atoms with van der Waals surface area (Å²) in [6, 6.07) is 8.10. The third kappa shape index (κ3) is 3.56. The van der Waals surface area contributed by atoms with Crippen LogP contribution in [0.1, 0.15) is 24.0 Å². The minimum absolute atomic E-state index is 0.184. The molecule has 1 aromatic carbocycles. The van der Waals surface area contributed by atoms with E-state index in [0.29, 0.717) is 13.0 Å². The third-order valence-electron chi connectivity index (χ3n) is 3.56. The summed E-state index contributed by atoms with van der Waals surface area (Å²) >= 11 is 0. The van der Waals surface area contributed by atoms with Gasteiger partial charge in [0.2, 0.25) is 0 Å². The molecule has 0 spiro atoms. The Bertz CT molecular complexity index is 473. The molecule has 1 fully saturated rings. The van der Waals surface area contributed by atoms with E-state index in [4.69, 9.17) is 0 Å². The van der Waals surface area contributed by atoms with Gasteiger partial charge in [-0.05, 0) is 38.3 Å². The topological polar surface area (TPSA) is 46.2 Å². The van der Waals surface area contributed by atoms with Crippen molar-refractivity contribution in [3.63, 3.8) is 0 Å². The van der Waals surface area contributed by atoms with Gasteiger partial charge in [-0.3, -0.25) is 0 Å². The van der Waals surface area contributed by atoms with Crippen molar-refractivity contribution < 1.29 is 8.42 Å². The molecule has 0 aromatic heterocycles.